The van der Waals surface area contributed by atoms with Crippen LogP contribution in [0.3, 0.4) is 0 Å². The number of hydrogen-bond acceptors (Lipinski definition) is 4. The van der Waals surface area contributed by atoms with Gasteiger partial charge in [-0.15, -0.1) is 0 Å². The predicted molar refractivity (Wildman–Crippen MR) is 81.3 cm³/mol. The first-order valence-corrected chi connectivity index (χ1v) is 7.98. The molecule has 1 unspecified atom stereocenters. The van der Waals surface area contributed by atoms with E-state index in [0.29, 0.717) is 5.76 Å². The number of imide groups is 1. The highest BCUT2D eigenvalue weighted by molar-refractivity contribution is 6.08. The normalized spacial score (nSPS) is 25.5. The van der Waals surface area contributed by atoms with Crippen molar-refractivity contribution >= 4 is 17.8 Å². The molecule has 2 heterocycles. The standard InChI is InChI=1S/C16H21N3O4/c1-16(12-8-5-9-23-12)14(21)19(15(22)18-16)10-13(20)17-11-6-3-2-4-7-11/h5,8-9,11H,2-4,6-7,10H2,1H3,(H,17,20)(H,18,22). The van der Waals surface area contributed by atoms with Crippen molar-refractivity contribution in [2.24, 2.45) is 0 Å². The SMILES string of the molecule is CC1(c2ccco2)NC(=O)N(CC(=O)NC2CCCCC2)C1=O. The molecule has 1 aromatic heterocycles. The summed E-state index contributed by atoms with van der Waals surface area (Å²) in [5.74, 6) is -0.425. The van der Waals surface area contributed by atoms with Gasteiger partial charge in [0, 0.05) is 6.04 Å². The summed E-state index contributed by atoms with van der Waals surface area (Å²) >= 11 is 0. The molecular formula is C16H21N3O4. The average molecular weight is 319 g/mol. The van der Waals surface area contributed by atoms with Crippen LogP contribution in [0, 0.1) is 0 Å². The van der Waals surface area contributed by atoms with E-state index in [0.717, 1.165) is 30.6 Å². The van der Waals surface area contributed by atoms with Gasteiger partial charge in [-0.1, -0.05) is 19.3 Å². The first-order chi connectivity index (χ1) is 11.0. The minimum Gasteiger partial charge on any atom is -0.466 e. The predicted octanol–water partition coefficient (Wildman–Crippen LogP) is 1.50. The first kappa shape index (κ1) is 15.6. The minimum atomic E-state index is -1.26. The van der Waals surface area contributed by atoms with Crippen LogP contribution in [0.2, 0.25) is 0 Å². The third kappa shape index (κ3) is 2.95. The number of carbonyl (C=O) groups excluding carboxylic acids is 3. The maximum atomic E-state index is 12.6. The van der Waals surface area contributed by atoms with E-state index in [2.05, 4.69) is 10.6 Å². The van der Waals surface area contributed by atoms with Crippen LogP contribution in [0.5, 0.6) is 0 Å². The molecule has 1 aromatic rings. The largest absolute Gasteiger partial charge is 0.466 e. The summed E-state index contributed by atoms with van der Waals surface area (Å²) in [4.78, 5) is 37.8. The Kier molecular flexibility index (Phi) is 4.11. The number of carbonyl (C=O) groups is 3. The summed E-state index contributed by atoms with van der Waals surface area (Å²) < 4.78 is 5.25. The summed E-state index contributed by atoms with van der Waals surface area (Å²) in [5.41, 5.74) is -1.26. The maximum absolute atomic E-state index is 12.6. The van der Waals surface area contributed by atoms with Crippen LogP contribution in [-0.4, -0.2) is 35.3 Å². The lowest BCUT2D eigenvalue weighted by atomic mass is 9.95. The van der Waals surface area contributed by atoms with Gasteiger partial charge in [-0.05, 0) is 31.9 Å². The number of rotatable bonds is 4. The second kappa shape index (κ2) is 6.06. The zero-order valence-electron chi connectivity index (χ0n) is 13.1. The van der Waals surface area contributed by atoms with Gasteiger partial charge in [0.2, 0.25) is 5.91 Å². The van der Waals surface area contributed by atoms with Crippen LogP contribution in [0.1, 0.15) is 44.8 Å². The Hall–Kier alpha value is -2.31. The summed E-state index contributed by atoms with van der Waals surface area (Å²) in [5, 5.41) is 5.52. The highest BCUT2D eigenvalue weighted by Crippen LogP contribution is 2.28. The average Bonchev–Trinajstić information content (AvgIpc) is 3.13. The van der Waals surface area contributed by atoms with E-state index in [1.54, 1.807) is 19.1 Å². The molecule has 2 aliphatic rings. The quantitative estimate of drug-likeness (QED) is 0.823. The molecule has 4 amide bonds. The lowest BCUT2D eigenvalue weighted by molar-refractivity contribution is -0.135. The van der Waals surface area contributed by atoms with Gasteiger partial charge in [0.05, 0.1) is 6.26 Å². The van der Waals surface area contributed by atoms with Crippen LogP contribution >= 0.6 is 0 Å². The fraction of sp³-hybridized carbons (Fsp3) is 0.562. The highest BCUT2D eigenvalue weighted by atomic mass is 16.3. The zero-order chi connectivity index (χ0) is 16.4. The number of nitrogens with zero attached hydrogens (tertiary/aromatic N) is 1. The molecule has 2 fully saturated rings. The fourth-order valence-corrected chi connectivity index (χ4v) is 3.23. The number of amides is 4. The molecule has 23 heavy (non-hydrogen) atoms. The summed E-state index contributed by atoms with van der Waals surface area (Å²) in [6, 6.07) is 2.85. The lowest BCUT2D eigenvalue weighted by Crippen LogP contribution is -2.45. The summed E-state index contributed by atoms with van der Waals surface area (Å²) in [7, 11) is 0. The van der Waals surface area contributed by atoms with Gasteiger partial charge in [-0.25, -0.2) is 4.79 Å². The molecule has 0 aromatic carbocycles. The summed E-state index contributed by atoms with van der Waals surface area (Å²) in [6.07, 6.45) is 6.75. The van der Waals surface area contributed by atoms with E-state index < -0.39 is 17.5 Å². The summed E-state index contributed by atoms with van der Waals surface area (Å²) in [6.45, 7) is 1.31. The van der Waals surface area contributed by atoms with Crippen LogP contribution < -0.4 is 10.6 Å². The maximum Gasteiger partial charge on any atom is 0.325 e. The Morgan fingerprint density at radius 3 is 2.78 bits per heavy atom. The molecule has 1 aliphatic carbocycles. The molecule has 3 rings (SSSR count). The van der Waals surface area contributed by atoms with Crippen molar-refractivity contribution in [2.45, 2.75) is 50.6 Å². The van der Waals surface area contributed by atoms with Crippen molar-refractivity contribution in [3.05, 3.63) is 24.2 Å². The molecule has 0 spiro atoms. The van der Waals surface area contributed by atoms with Crippen molar-refractivity contribution in [3.63, 3.8) is 0 Å². The van der Waals surface area contributed by atoms with Crippen LogP contribution in [0.25, 0.3) is 0 Å². The monoisotopic (exact) mass is 319 g/mol. The van der Waals surface area contributed by atoms with Crippen LogP contribution in [0.4, 0.5) is 4.79 Å². The van der Waals surface area contributed by atoms with E-state index in [-0.39, 0.29) is 18.5 Å². The highest BCUT2D eigenvalue weighted by Gasteiger charge is 2.51. The molecule has 7 nitrogen and oxygen atoms in total. The van der Waals surface area contributed by atoms with Gasteiger partial charge in [-0.2, -0.15) is 0 Å². The van der Waals surface area contributed by atoms with E-state index in [9.17, 15) is 14.4 Å². The topological polar surface area (TPSA) is 91.7 Å². The Morgan fingerprint density at radius 1 is 1.39 bits per heavy atom. The van der Waals surface area contributed by atoms with Crippen molar-refractivity contribution in [1.29, 1.82) is 0 Å². The second-order valence-electron chi connectivity index (χ2n) is 6.33. The van der Waals surface area contributed by atoms with E-state index in [1.165, 1.54) is 12.7 Å². The third-order valence-electron chi connectivity index (χ3n) is 4.56. The molecule has 1 atom stereocenters. The Morgan fingerprint density at radius 2 is 2.13 bits per heavy atom. The molecule has 0 bridgehead atoms. The van der Waals surface area contributed by atoms with E-state index in [1.807, 2.05) is 0 Å². The smallest absolute Gasteiger partial charge is 0.325 e. The Bertz CT molecular complexity index is 607. The molecule has 124 valence electrons. The minimum absolute atomic E-state index is 0.147. The van der Waals surface area contributed by atoms with Crippen molar-refractivity contribution in [2.75, 3.05) is 6.54 Å². The molecule has 1 saturated carbocycles. The van der Waals surface area contributed by atoms with Crippen molar-refractivity contribution in [1.82, 2.24) is 15.5 Å². The molecule has 2 N–H and O–H groups in total. The Labute approximate surface area is 134 Å². The lowest BCUT2D eigenvalue weighted by Gasteiger charge is -2.24. The van der Waals surface area contributed by atoms with Crippen molar-refractivity contribution in [3.8, 4) is 0 Å². The number of furan rings is 1. The van der Waals surface area contributed by atoms with Gasteiger partial charge >= 0.3 is 6.03 Å². The number of urea groups is 1. The second-order valence-corrected chi connectivity index (χ2v) is 6.33. The van der Waals surface area contributed by atoms with Gasteiger partial charge < -0.3 is 15.1 Å². The third-order valence-corrected chi connectivity index (χ3v) is 4.56. The number of nitrogens with one attached hydrogen (secondary N) is 2. The molecule has 1 saturated heterocycles. The van der Waals surface area contributed by atoms with E-state index >= 15 is 0 Å². The van der Waals surface area contributed by atoms with Gasteiger partial charge in [0.15, 0.2) is 5.54 Å². The number of hydrogen-bond donors (Lipinski definition) is 2. The Balaban J connectivity index is 1.65. The first-order valence-electron chi connectivity index (χ1n) is 7.98. The van der Waals surface area contributed by atoms with Gasteiger partial charge in [-0.3, -0.25) is 14.5 Å². The molecular weight excluding hydrogens is 298 g/mol. The molecule has 7 heteroatoms. The zero-order valence-corrected chi connectivity index (χ0v) is 13.1. The van der Waals surface area contributed by atoms with Crippen molar-refractivity contribution < 1.29 is 18.8 Å². The van der Waals surface area contributed by atoms with Gasteiger partial charge in [0.1, 0.15) is 12.3 Å². The van der Waals surface area contributed by atoms with Crippen LogP contribution in [0.15, 0.2) is 22.8 Å². The van der Waals surface area contributed by atoms with Gasteiger partial charge in [0.25, 0.3) is 5.91 Å². The molecule has 1 aliphatic heterocycles. The fourth-order valence-electron chi connectivity index (χ4n) is 3.23. The molecule has 0 radical (unpaired) electrons. The van der Waals surface area contributed by atoms with Crippen LogP contribution in [-0.2, 0) is 15.1 Å². The van der Waals surface area contributed by atoms with E-state index in [4.69, 9.17) is 4.42 Å².